The van der Waals surface area contributed by atoms with Crippen LogP contribution in [0.4, 0.5) is 0 Å². The predicted molar refractivity (Wildman–Crippen MR) is 86.5 cm³/mol. The van der Waals surface area contributed by atoms with Crippen LogP contribution in [0.15, 0.2) is 18.2 Å². The second-order valence-corrected chi connectivity index (χ2v) is 7.43. The fourth-order valence-corrected chi connectivity index (χ4v) is 4.52. The third-order valence-electron chi connectivity index (χ3n) is 4.62. The Morgan fingerprint density at radius 1 is 1.24 bits per heavy atom. The maximum Gasteiger partial charge on any atom is 0.110 e. The van der Waals surface area contributed by atoms with Crippen molar-refractivity contribution < 1.29 is 0 Å². The Hall–Kier alpha value is -1.47. The van der Waals surface area contributed by atoms with E-state index in [0.29, 0.717) is 11.6 Å². The van der Waals surface area contributed by atoms with Crippen LogP contribution in [0.2, 0.25) is 0 Å². The number of benzene rings is 1. The Bertz CT molecular complexity index is 703. The van der Waals surface area contributed by atoms with Crippen molar-refractivity contribution in [3.63, 3.8) is 0 Å². The second kappa shape index (κ2) is 5.38. The summed E-state index contributed by atoms with van der Waals surface area (Å²) in [6.07, 6.45) is 6.30. The molecule has 0 amide bonds. The van der Waals surface area contributed by atoms with Crippen LogP contribution in [-0.4, -0.2) is 21.1 Å². The normalized spacial score (nSPS) is 19.8. The van der Waals surface area contributed by atoms with Gasteiger partial charge in [-0.05, 0) is 61.3 Å². The molecule has 21 heavy (non-hydrogen) atoms. The molecule has 1 aromatic heterocycles. The number of hydrogen-bond acceptors (Lipinski definition) is 3. The van der Waals surface area contributed by atoms with E-state index in [1.807, 2.05) is 12.1 Å². The van der Waals surface area contributed by atoms with Crippen molar-refractivity contribution in [2.24, 2.45) is 5.92 Å². The van der Waals surface area contributed by atoms with E-state index < -0.39 is 0 Å². The van der Waals surface area contributed by atoms with Crippen molar-refractivity contribution >= 4 is 22.8 Å². The second-order valence-electron chi connectivity index (χ2n) is 6.20. The minimum absolute atomic E-state index is 0.649. The topological polar surface area (TPSA) is 41.6 Å². The number of nitriles is 1. The van der Waals surface area contributed by atoms with Gasteiger partial charge in [0.05, 0.1) is 22.7 Å². The van der Waals surface area contributed by atoms with Gasteiger partial charge in [0, 0.05) is 12.5 Å². The lowest BCUT2D eigenvalue weighted by atomic mass is 9.98. The Morgan fingerprint density at radius 2 is 2.05 bits per heavy atom. The smallest absolute Gasteiger partial charge is 0.110 e. The van der Waals surface area contributed by atoms with Gasteiger partial charge in [0.1, 0.15) is 5.82 Å². The molecule has 1 aliphatic carbocycles. The number of aromatic nitrogens is 2. The molecule has 3 nitrogen and oxygen atoms in total. The number of thioether (sulfide) groups is 1. The van der Waals surface area contributed by atoms with Crippen LogP contribution in [0.1, 0.15) is 43.1 Å². The van der Waals surface area contributed by atoms with E-state index in [0.717, 1.165) is 17.9 Å². The van der Waals surface area contributed by atoms with Crippen LogP contribution in [0.3, 0.4) is 0 Å². The highest BCUT2D eigenvalue weighted by atomic mass is 32.2. The van der Waals surface area contributed by atoms with Crippen molar-refractivity contribution in [2.45, 2.75) is 38.1 Å². The summed E-state index contributed by atoms with van der Waals surface area (Å²) < 4.78 is 2.46. The third kappa shape index (κ3) is 2.55. The fraction of sp³-hybridized carbons (Fsp3) is 0.529. The molecule has 0 radical (unpaired) electrons. The molecule has 4 heteroatoms. The monoisotopic (exact) mass is 297 g/mol. The van der Waals surface area contributed by atoms with E-state index in [1.165, 1.54) is 48.5 Å². The fourth-order valence-electron chi connectivity index (χ4n) is 3.31. The molecular weight excluding hydrogens is 278 g/mol. The summed E-state index contributed by atoms with van der Waals surface area (Å²) in [6, 6.07) is 8.81. The summed E-state index contributed by atoms with van der Waals surface area (Å²) >= 11 is 2.08. The molecule has 1 saturated carbocycles. The van der Waals surface area contributed by atoms with Gasteiger partial charge >= 0.3 is 0 Å². The lowest BCUT2D eigenvalue weighted by Crippen LogP contribution is -2.15. The highest BCUT2D eigenvalue weighted by Gasteiger charge is 2.29. The zero-order valence-corrected chi connectivity index (χ0v) is 12.9. The Labute approximate surface area is 129 Å². The standard InChI is InChI=1S/C17H19N3S/c18-11-13-1-4-16-15(9-13)19-17(20(16)14-2-3-14)10-12-5-7-21-8-6-12/h1,4,9,12,14H,2-3,5-8,10H2. The van der Waals surface area contributed by atoms with Crippen molar-refractivity contribution in [3.05, 3.63) is 29.6 Å². The molecule has 4 rings (SSSR count). The predicted octanol–water partition coefficient (Wildman–Crippen LogP) is 3.93. The van der Waals surface area contributed by atoms with E-state index in [-0.39, 0.29) is 0 Å². The van der Waals surface area contributed by atoms with Crippen LogP contribution in [-0.2, 0) is 6.42 Å². The zero-order chi connectivity index (χ0) is 14.2. The average molecular weight is 297 g/mol. The van der Waals surface area contributed by atoms with Crippen LogP contribution < -0.4 is 0 Å². The van der Waals surface area contributed by atoms with Crippen LogP contribution in [0.25, 0.3) is 11.0 Å². The maximum atomic E-state index is 9.07. The first-order valence-corrected chi connectivity index (χ1v) is 8.99. The summed E-state index contributed by atoms with van der Waals surface area (Å²) in [4.78, 5) is 4.88. The van der Waals surface area contributed by atoms with E-state index in [4.69, 9.17) is 10.2 Å². The molecule has 2 heterocycles. The molecule has 0 unspecified atom stereocenters. The Balaban J connectivity index is 1.72. The van der Waals surface area contributed by atoms with Crippen molar-refractivity contribution in [2.75, 3.05) is 11.5 Å². The highest BCUT2D eigenvalue weighted by molar-refractivity contribution is 7.99. The SMILES string of the molecule is N#Cc1ccc2c(c1)nc(CC1CCSCC1)n2C1CC1. The van der Waals surface area contributed by atoms with Gasteiger partial charge in [-0.15, -0.1) is 0 Å². The number of imidazole rings is 1. The number of nitrogens with zero attached hydrogens (tertiary/aromatic N) is 3. The molecule has 2 aromatic rings. The van der Waals surface area contributed by atoms with E-state index in [2.05, 4.69) is 28.5 Å². The largest absolute Gasteiger partial charge is 0.325 e. The molecule has 2 fully saturated rings. The van der Waals surface area contributed by atoms with E-state index >= 15 is 0 Å². The molecular formula is C17H19N3S. The van der Waals surface area contributed by atoms with Gasteiger partial charge in [-0.25, -0.2) is 4.98 Å². The maximum absolute atomic E-state index is 9.07. The molecule has 1 aliphatic heterocycles. The first-order valence-electron chi connectivity index (χ1n) is 7.84. The summed E-state index contributed by atoms with van der Waals surface area (Å²) in [5.41, 5.74) is 2.93. The molecule has 2 aliphatic rings. The number of rotatable bonds is 3. The van der Waals surface area contributed by atoms with Gasteiger partial charge in [-0.3, -0.25) is 0 Å². The van der Waals surface area contributed by atoms with E-state index in [9.17, 15) is 0 Å². The summed E-state index contributed by atoms with van der Waals surface area (Å²) in [5.74, 6) is 4.63. The quantitative estimate of drug-likeness (QED) is 0.862. The van der Waals surface area contributed by atoms with Gasteiger partial charge < -0.3 is 4.57 Å². The van der Waals surface area contributed by atoms with Crippen molar-refractivity contribution in [1.82, 2.24) is 9.55 Å². The summed E-state index contributed by atoms with van der Waals surface area (Å²) in [5, 5.41) is 9.07. The van der Waals surface area contributed by atoms with Crippen LogP contribution in [0.5, 0.6) is 0 Å². The lowest BCUT2D eigenvalue weighted by molar-refractivity contribution is 0.466. The van der Waals surface area contributed by atoms with Crippen molar-refractivity contribution in [3.8, 4) is 6.07 Å². The number of fused-ring (bicyclic) bond motifs is 1. The average Bonchev–Trinajstić information content (AvgIpc) is 3.29. The summed E-state index contributed by atoms with van der Waals surface area (Å²) in [7, 11) is 0. The van der Waals surface area contributed by atoms with Gasteiger partial charge in [0.15, 0.2) is 0 Å². The van der Waals surface area contributed by atoms with Crippen LogP contribution >= 0.6 is 11.8 Å². The van der Waals surface area contributed by atoms with Crippen molar-refractivity contribution in [1.29, 1.82) is 5.26 Å². The summed E-state index contributed by atoms with van der Waals surface area (Å²) in [6.45, 7) is 0. The molecule has 0 atom stereocenters. The Morgan fingerprint density at radius 3 is 2.76 bits per heavy atom. The minimum atomic E-state index is 0.649. The number of hydrogen-bond donors (Lipinski definition) is 0. The molecule has 108 valence electrons. The molecule has 0 N–H and O–H groups in total. The molecule has 1 aromatic carbocycles. The van der Waals surface area contributed by atoms with Gasteiger partial charge in [-0.1, -0.05) is 0 Å². The van der Waals surface area contributed by atoms with Gasteiger partial charge in [-0.2, -0.15) is 17.0 Å². The van der Waals surface area contributed by atoms with Gasteiger partial charge in [0.25, 0.3) is 0 Å². The molecule has 0 spiro atoms. The van der Waals surface area contributed by atoms with E-state index in [1.54, 1.807) is 0 Å². The lowest BCUT2D eigenvalue weighted by Gasteiger charge is -2.21. The Kier molecular flexibility index (Phi) is 3.39. The molecule has 1 saturated heterocycles. The van der Waals surface area contributed by atoms with Crippen LogP contribution in [0, 0.1) is 17.2 Å². The molecule has 0 bridgehead atoms. The third-order valence-corrected chi connectivity index (χ3v) is 5.66. The minimum Gasteiger partial charge on any atom is -0.325 e. The first-order chi connectivity index (χ1) is 10.3. The van der Waals surface area contributed by atoms with Gasteiger partial charge in [0.2, 0.25) is 0 Å². The zero-order valence-electron chi connectivity index (χ0n) is 12.1. The highest BCUT2D eigenvalue weighted by Crippen LogP contribution is 2.39. The first kappa shape index (κ1) is 13.2.